The summed E-state index contributed by atoms with van der Waals surface area (Å²) in [5.41, 5.74) is 4.22. The van der Waals surface area contributed by atoms with E-state index in [4.69, 9.17) is 11.6 Å². The average molecular weight is 345 g/mol. The third-order valence-electron chi connectivity index (χ3n) is 3.54. The lowest BCUT2D eigenvalue weighted by Gasteiger charge is -2.02. The summed E-state index contributed by atoms with van der Waals surface area (Å²) in [7, 11) is 0. The van der Waals surface area contributed by atoms with E-state index >= 15 is 0 Å². The van der Waals surface area contributed by atoms with Crippen molar-refractivity contribution in [3.05, 3.63) is 83.0 Å². The fourth-order valence-corrected chi connectivity index (χ4v) is 2.62. The van der Waals surface area contributed by atoms with Crippen molar-refractivity contribution in [2.75, 3.05) is 5.32 Å². The van der Waals surface area contributed by atoms with Crippen LogP contribution in [0, 0.1) is 0 Å². The Morgan fingerprint density at radius 1 is 0.913 bits per heavy atom. The van der Waals surface area contributed by atoms with Gasteiger partial charge in [-0.15, -0.1) is 12.4 Å². The number of aliphatic imine (C=N–C) groups is 1. The van der Waals surface area contributed by atoms with Crippen LogP contribution in [-0.4, -0.2) is 6.21 Å². The molecule has 1 aliphatic carbocycles. The summed E-state index contributed by atoms with van der Waals surface area (Å²) in [6.45, 7) is 0. The monoisotopic (exact) mass is 344 g/mol. The van der Waals surface area contributed by atoms with Crippen molar-refractivity contribution in [2.45, 2.75) is 12.8 Å². The number of hydrogen-bond acceptors (Lipinski definition) is 2. The maximum absolute atomic E-state index is 6.46. The Balaban J connectivity index is 0.00000192. The lowest BCUT2D eigenvalue weighted by atomic mass is 10.2. The molecule has 2 nitrogen and oxygen atoms in total. The zero-order valence-electron chi connectivity index (χ0n) is 12.6. The molecule has 0 radical (unpaired) electrons. The quantitative estimate of drug-likeness (QED) is 0.666. The molecule has 118 valence electrons. The minimum atomic E-state index is 0. The Morgan fingerprint density at radius 3 is 2.26 bits per heavy atom. The molecule has 0 unspecified atom stereocenters. The Bertz CT molecular complexity index is 720. The molecule has 0 heterocycles. The highest BCUT2D eigenvalue weighted by Crippen LogP contribution is 2.33. The highest BCUT2D eigenvalue weighted by atomic mass is 35.5. The summed E-state index contributed by atoms with van der Waals surface area (Å²) in [6.07, 6.45) is 5.73. The minimum absolute atomic E-state index is 0. The van der Waals surface area contributed by atoms with Crippen LogP contribution >= 0.6 is 24.0 Å². The Labute approximate surface area is 148 Å². The van der Waals surface area contributed by atoms with Gasteiger partial charge < -0.3 is 5.32 Å². The van der Waals surface area contributed by atoms with Gasteiger partial charge in [0.2, 0.25) is 0 Å². The number of anilines is 1. The number of rotatable bonds is 4. The van der Waals surface area contributed by atoms with E-state index in [0.29, 0.717) is 0 Å². The molecule has 0 saturated heterocycles. The first-order valence-electron chi connectivity index (χ1n) is 7.32. The molecule has 1 aliphatic rings. The van der Waals surface area contributed by atoms with Crippen LogP contribution < -0.4 is 5.32 Å². The van der Waals surface area contributed by atoms with Gasteiger partial charge in [-0.05, 0) is 48.3 Å². The molecule has 3 rings (SSSR count). The van der Waals surface area contributed by atoms with Gasteiger partial charge in [0.1, 0.15) is 0 Å². The molecule has 0 amide bonds. The largest absolute Gasteiger partial charge is 0.361 e. The third kappa shape index (κ3) is 4.72. The van der Waals surface area contributed by atoms with E-state index in [2.05, 4.69) is 10.3 Å². The van der Waals surface area contributed by atoms with Crippen molar-refractivity contribution < 1.29 is 0 Å². The first-order valence-corrected chi connectivity index (χ1v) is 7.69. The number of halogens is 2. The maximum atomic E-state index is 6.46. The number of para-hydroxylation sites is 2. The van der Waals surface area contributed by atoms with E-state index in [1.54, 1.807) is 0 Å². The van der Waals surface area contributed by atoms with Gasteiger partial charge in [-0.1, -0.05) is 48.0 Å². The smallest absolute Gasteiger partial charge is 0.0629 e. The number of nitrogens with one attached hydrogen (secondary N) is 1. The van der Waals surface area contributed by atoms with Crippen molar-refractivity contribution in [3.8, 4) is 0 Å². The predicted octanol–water partition coefficient (Wildman–Crippen LogP) is 6.09. The van der Waals surface area contributed by atoms with Gasteiger partial charge in [0.15, 0.2) is 0 Å². The fraction of sp³-hybridized carbons (Fsp3) is 0.105. The summed E-state index contributed by atoms with van der Waals surface area (Å²) < 4.78 is 0. The Kier molecular flexibility index (Phi) is 6.45. The van der Waals surface area contributed by atoms with E-state index in [1.807, 2.05) is 73.1 Å². The summed E-state index contributed by atoms with van der Waals surface area (Å²) >= 11 is 6.46. The minimum Gasteiger partial charge on any atom is -0.361 e. The van der Waals surface area contributed by atoms with Gasteiger partial charge in [-0.3, -0.25) is 4.99 Å². The predicted molar refractivity (Wildman–Crippen MR) is 102 cm³/mol. The highest BCUT2D eigenvalue weighted by Gasteiger charge is 2.16. The van der Waals surface area contributed by atoms with E-state index in [9.17, 15) is 0 Å². The average Bonchev–Trinajstić information content (AvgIpc) is 2.93. The second-order valence-electron chi connectivity index (χ2n) is 5.11. The van der Waals surface area contributed by atoms with E-state index < -0.39 is 0 Å². The van der Waals surface area contributed by atoms with Crippen molar-refractivity contribution in [2.24, 2.45) is 4.99 Å². The molecular formula is C19H18Cl2N2. The van der Waals surface area contributed by atoms with E-state index in [0.717, 1.165) is 40.4 Å². The van der Waals surface area contributed by atoms with Crippen LogP contribution in [0.1, 0.15) is 12.8 Å². The van der Waals surface area contributed by atoms with Crippen LogP contribution in [-0.2, 0) is 0 Å². The normalized spacial score (nSPS) is 16.0. The summed E-state index contributed by atoms with van der Waals surface area (Å²) in [4.78, 5) is 4.48. The second kappa shape index (κ2) is 8.56. The number of benzene rings is 2. The maximum Gasteiger partial charge on any atom is 0.0629 e. The Morgan fingerprint density at radius 2 is 1.57 bits per heavy atom. The lowest BCUT2D eigenvalue weighted by molar-refractivity contribution is 1.04. The summed E-state index contributed by atoms with van der Waals surface area (Å²) in [5.74, 6) is 0. The van der Waals surface area contributed by atoms with Crippen molar-refractivity contribution in [3.63, 3.8) is 0 Å². The highest BCUT2D eigenvalue weighted by molar-refractivity contribution is 6.34. The Hall–Kier alpha value is -2.03. The lowest BCUT2D eigenvalue weighted by Crippen LogP contribution is -1.89. The van der Waals surface area contributed by atoms with Crippen molar-refractivity contribution >= 4 is 41.6 Å². The molecule has 0 saturated carbocycles. The van der Waals surface area contributed by atoms with Gasteiger partial charge in [-0.2, -0.15) is 0 Å². The molecular weight excluding hydrogens is 327 g/mol. The van der Waals surface area contributed by atoms with Gasteiger partial charge >= 0.3 is 0 Å². The van der Waals surface area contributed by atoms with Crippen LogP contribution in [0.2, 0.25) is 0 Å². The van der Waals surface area contributed by atoms with Crippen LogP contribution in [0.3, 0.4) is 0 Å². The summed E-state index contributed by atoms with van der Waals surface area (Å²) in [6, 6.07) is 20.0. The summed E-state index contributed by atoms with van der Waals surface area (Å²) in [5, 5.41) is 4.09. The molecule has 0 spiro atoms. The van der Waals surface area contributed by atoms with Crippen LogP contribution in [0.4, 0.5) is 11.4 Å². The molecule has 0 atom stereocenters. The molecule has 4 heteroatoms. The molecule has 2 aromatic rings. The molecule has 1 N–H and O–H groups in total. The van der Waals surface area contributed by atoms with Crippen LogP contribution in [0.15, 0.2) is 88.0 Å². The topological polar surface area (TPSA) is 24.4 Å². The molecule has 2 aromatic carbocycles. The fourth-order valence-electron chi connectivity index (χ4n) is 2.32. The molecule has 0 bridgehead atoms. The second-order valence-corrected chi connectivity index (χ2v) is 5.49. The number of allylic oxidation sites excluding steroid dienone is 3. The first-order chi connectivity index (χ1) is 10.8. The zero-order valence-corrected chi connectivity index (χ0v) is 14.1. The van der Waals surface area contributed by atoms with E-state index in [-0.39, 0.29) is 12.4 Å². The van der Waals surface area contributed by atoms with Crippen molar-refractivity contribution in [1.82, 2.24) is 0 Å². The SMILES string of the molecule is Cl.ClC1=C(/C=N\c2ccccc2)CC/C1=C\Nc1ccccc1. The number of hydrogen-bond donors (Lipinski definition) is 1. The zero-order chi connectivity index (χ0) is 15.2. The molecule has 0 aromatic heterocycles. The molecule has 0 fully saturated rings. The van der Waals surface area contributed by atoms with Gasteiger partial charge in [0.05, 0.1) is 5.69 Å². The molecule has 23 heavy (non-hydrogen) atoms. The first kappa shape index (κ1) is 17.3. The van der Waals surface area contributed by atoms with Crippen LogP contribution in [0.5, 0.6) is 0 Å². The van der Waals surface area contributed by atoms with Gasteiger partial charge in [0, 0.05) is 23.1 Å². The molecule has 0 aliphatic heterocycles. The van der Waals surface area contributed by atoms with Gasteiger partial charge in [-0.25, -0.2) is 0 Å². The van der Waals surface area contributed by atoms with E-state index in [1.165, 1.54) is 0 Å². The van der Waals surface area contributed by atoms with Gasteiger partial charge in [0.25, 0.3) is 0 Å². The van der Waals surface area contributed by atoms with Crippen molar-refractivity contribution in [1.29, 1.82) is 0 Å². The van der Waals surface area contributed by atoms with Crippen LogP contribution in [0.25, 0.3) is 0 Å². The third-order valence-corrected chi connectivity index (χ3v) is 4.03. The standard InChI is InChI=1S/C19H17ClN2.ClH/c20-19-15(13-21-17-7-3-1-4-8-17)11-12-16(19)14-22-18-9-5-2-6-10-18;/h1-10,13-14,21H,11-12H2;1H/b15-13+,22-14-;. The number of nitrogens with zero attached hydrogens (tertiary/aromatic N) is 1.